The van der Waals surface area contributed by atoms with Gasteiger partial charge >= 0.3 is 0 Å². The van der Waals surface area contributed by atoms with Crippen LogP contribution in [0, 0.1) is 0 Å². The molecule has 0 atom stereocenters. The molecule has 4 N–H and O–H groups in total. The molecule has 5 nitrogen and oxygen atoms in total. The molecule has 0 spiro atoms. The summed E-state index contributed by atoms with van der Waals surface area (Å²) in [6, 6.07) is 7.35. The van der Waals surface area contributed by atoms with Crippen molar-refractivity contribution in [1.82, 2.24) is 5.32 Å². The zero-order valence-corrected chi connectivity index (χ0v) is 11.5. The first-order valence-electron chi connectivity index (χ1n) is 7.10. The third-order valence-corrected chi connectivity index (χ3v) is 3.18. The second-order valence-electron chi connectivity index (χ2n) is 5.12. The van der Waals surface area contributed by atoms with E-state index in [1.807, 2.05) is 0 Å². The normalized spacial score (nSPS) is 13.8. The molecule has 0 radical (unpaired) electrons. The van der Waals surface area contributed by atoms with E-state index in [4.69, 9.17) is 5.73 Å². The van der Waals surface area contributed by atoms with E-state index in [1.165, 1.54) is 0 Å². The average Bonchev–Trinajstić information content (AvgIpc) is 3.23. The van der Waals surface area contributed by atoms with E-state index in [0.29, 0.717) is 30.3 Å². The van der Waals surface area contributed by atoms with Gasteiger partial charge in [0.05, 0.1) is 0 Å². The Balaban J connectivity index is 1.88. The second-order valence-corrected chi connectivity index (χ2v) is 5.12. The number of anilines is 1. The van der Waals surface area contributed by atoms with E-state index in [9.17, 15) is 9.59 Å². The molecule has 20 heavy (non-hydrogen) atoms. The first-order chi connectivity index (χ1) is 9.69. The smallest absolute Gasteiger partial charge is 0.251 e. The minimum absolute atomic E-state index is 0.0433. The van der Waals surface area contributed by atoms with E-state index < -0.39 is 0 Å². The Morgan fingerprint density at radius 1 is 1.25 bits per heavy atom. The van der Waals surface area contributed by atoms with Crippen LogP contribution in [-0.2, 0) is 4.79 Å². The third-order valence-electron chi connectivity index (χ3n) is 3.18. The molecule has 1 aromatic rings. The van der Waals surface area contributed by atoms with Gasteiger partial charge in [-0.25, -0.2) is 0 Å². The van der Waals surface area contributed by atoms with Crippen molar-refractivity contribution in [3.63, 3.8) is 0 Å². The number of unbranched alkanes of at least 4 members (excludes halogenated alkanes) is 1. The minimum Gasteiger partial charge on any atom is -0.349 e. The van der Waals surface area contributed by atoms with Crippen LogP contribution >= 0.6 is 0 Å². The lowest BCUT2D eigenvalue weighted by Gasteiger charge is -2.08. The summed E-state index contributed by atoms with van der Waals surface area (Å²) in [6.07, 6.45) is 4.20. The maximum absolute atomic E-state index is 11.9. The summed E-state index contributed by atoms with van der Waals surface area (Å²) in [6.45, 7) is 0.601. The fraction of sp³-hybridized carbons (Fsp3) is 0.467. The fourth-order valence-corrected chi connectivity index (χ4v) is 1.89. The molecule has 1 aromatic carbocycles. The average molecular weight is 275 g/mol. The number of hydrogen-bond donors (Lipinski definition) is 3. The maximum Gasteiger partial charge on any atom is 0.251 e. The number of benzene rings is 1. The van der Waals surface area contributed by atoms with Gasteiger partial charge in [0.15, 0.2) is 0 Å². The highest BCUT2D eigenvalue weighted by atomic mass is 16.2. The number of nitrogens with one attached hydrogen (secondary N) is 2. The van der Waals surface area contributed by atoms with Crippen molar-refractivity contribution >= 4 is 17.5 Å². The van der Waals surface area contributed by atoms with E-state index >= 15 is 0 Å². The van der Waals surface area contributed by atoms with E-state index in [1.54, 1.807) is 24.3 Å². The lowest BCUT2D eigenvalue weighted by Crippen LogP contribution is -2.25. The van der Waals surface area contributed by atoms with Crippen molar-refractivity contribution in [2.45, 2.75) is 38.1 Å². The monoisotopic (exact) mass is 275 g/mol. The molecule has 2 amide bonds. The van der Waals surface area contributed by atoms with Crippen molar-refractivity contribution in [2.75, 3.05) is 11.9 Å². The standard InChI is InChI=1S/C15H21N3O2/c16-9-2-1-6-14(19)17-13-5-3-4-11(10-13)15(20)18-12-7-8-12/h3-5,10,12H,1-2,6-9,16H2,(H,17,19)(H,18,20). The maximum atomic E-state index is 11.9. The molecule has 5 heteroatoms. The van der Waals surface area contributed by atoms with Gasteiger partial charge in [-0.15, -0.1) is 0 Å². The van der Waals surface area contributed by atoms with Gasteiger partial charge in [-0.05, 0) is 50.4 Å². The summed E-state index contributed by atoms with van der Waals surface area (Å²) in [5.74, 6) is -0.120. The van der Waals surface area contributed by atoms with E-state index in [-0.39, 0.29) is 11.8 Å². The van der Waals surface area contributed by atoms with Gasteiger partial charge in [-0.3, -0.25) is 9.59 Å². The Labute approximate surface area is 118 Å². The summed E-state index contributed by atoms with van der Waals surface area (Å²) in [5.41, 5.74) is 6.63. The molecule has 1 aliphatic rings. The van der Waals surface area contributed by atoms with Gasteiger partial charge in [0.25, 0.3) is 5.91 Å². The number of carbonyl (C=O) groups excluding carboxylic acids is 2. The van der Waals surface area contributed by atoms with Gasteiger partial charge < -0.3 is 16.4 Å². The van der Waals surface area contributed by atoms with Crippen molar-refractivity contribution in [3.05, 3.63) is 29.8 Å². The lowest BCUT2D eigenvalue weighted by molar-refractivity contribution is -0.116. The Hall–Kier alpha value is -1.88. The summed E-state index contributed by atoms with van der Waals surface area (Å²) in [5, 5.41) is 5.73. The van der Waals surface area contributed by atoms with E-state index in [0.717, 1.165) is 25.7 Å². The van der Waals surface area contributed by atoms with Gasteiger partial charge in [0, 0.05) is 23.7 Å². The molecule has 0 saturated heterocycles. The summed E-state index contributed by atoms with van der Waals surface area (Å²) in [4.78, 5) is 23.6. The minimum atomic E-state index is -0.0771. The Morgan fingerprint density at radius 2 is 2.05 bits per heavy atom. The molecule has 0 heterocycles. The molecular weight excluding hydrogens is 254 g/mol. The number of hydrogen-bond acceptors (Lipinski definition) is 3. The highest BCUT2D eigenvalue weighted by Crippen LogP contribution is 2.20. The van der Waals surface area contributed by atoms with Crippen molar-refractivity contribution in [3.8, 4) is 0 Å². The van der Waals surface area contributed by atoms with Crippen LogP contribution in [0.25, 0.3) is 0 Å². The van der Waals surface area contributed by atoms with Crippen molar-refractivity contribution in [2.24, 2.45) is 5.73 Å². The lowest BCUT2D eigenvalue weighted by atomic mass is 10.1. The predicted octanol–water partition coefficient (Wildman–Crippen LogP) is 1.65. The summed E-state index contributed by atoms with van der Waals surface area (Å²) >= 11 is 0. The number of rotatable bonds is 7. The van der Waals surface area contributed by atoms with Gasteiger partial charge in [0.1, 0.15) is 0 Å². The molecule has 0 unspecified atom stereocenters. The van der Waals surface area contributed by atoms with Crippen LogP contribution in [0.1, 0.15) is 42.5 Å². The molecule has 2 rings (SSSR count). The number of amides is 2. The van der Waals surface area contributed by atoms with Crippen molar-refractivity contribution < 1.29 is 9.59 Å². The Kier molecular flexibility index (Phi) is 5.12. The fourth-order valence-electron chi connectivity index (χ4n) is 1.89. The zero-order chi connectivity index (χ0) is 14.4. The number of carbonyl (C=O) groups is 2. The first-order valence-corrected chi connectivity index (χ1v) is 7.10. The third kappa shape index (κ3) is 4.66. The topological polar surface area (TPSA) is 84.2 Å². The molecule has 1 aliphatic carbocycles. The molecule has 0 bridgehead atoms. The Morgan fingerprint density at radius 3 is 2.75 bits per heavy atom. The van der Waals surface area contributed by atoms with Crippen LogP contribution < -0.4 is 16.4 Å². The molecule has 0 aromatic heterocycles. The van der Waals surface area contributed by atoms with Gasteiger partial charge in [0.2, 0.25) is 5.91 Å². The van der Waals surface area contributed by atoms with Crippen LogP contribution in [0.15, 0.2) is 24.3 Å². The molecule has 0 aliphatic heterocycles. The van der Waals surface area contributed by atoms with Gasteiger partial charge in [-0.1, -0.05) is 6.07 Å². The van der Waals surface area contributed by atoms with Crippen LogP contribution in [0.4, 0.5) is 5.69 Å². The van der Waals surface area contributed by atoms with Crippen molar-refractivity contribution in [1.29, 1.82) is 0 Å². The molecule has 1 fully saturated rings. The van der Waals surface area contributed by atoms with Crippen LogP contribution in [0.3, 0.4) is 0 Å². The predicted molar refractivity (Wildman–Crippen MR) is 78.5 cm³/mol. The summed E-state index contributed by atoms with van der Waals surface area (Å²) < 4.78 is 0. The Bertz CT molecular complexity index is 484. The summed E-state index contributed by atoms with van der Waals surface area (Å²) in [7, 11) is 0. The van der Waals surface area contributed by atoms with Crippen LogP contribution in [0.5, 0.6) is 0 Å². The first kappa shape index (κ1) is 14.5. The SMILES string of the molecule is NCCCCC(=O)Nc1cccc(C(=O)NC2CC2)c1. The van der Waals surface area contributed by atoms with E-state index in [2.05, 4.69) is 10.6 Å². The zero-order valence-electron chi connectivity index (χ0n) is 11.5. The van der Waals surface area contributed by atoms with Crippen LogP contribution in [0.2, 0.25) is 0 Å². The second kappa shape index (κ2) is 7.05. The molecule has 1 saturated carbocycles. The highest BCUT2D eigenvalue weighted by molar-refractivity contribution is 5.97. The van der Waals surface area contributed by atoms with Crippen LogP contribution in [-0.4, -0.2) is 24.4 Å². The number of nitrogens with two attached hydrogens (primary N) is 1. The largest absolute Gasteiger partial charge is 0.349 e. The quantitative estimate of drug-likeness (QED) is 0.661. The highest BCUT2D eigenvalue weighted by Gasteiger charge is 2.23. The molecular formula is C15H21N3O2. The molecule has 108 valence electrons. The van der Waals surface area contributed by atoms with Gasteiger partial charge in [-0.2, -0.15) is 0 Å².